The number of hydrogen-bond donors (Lipinski definition) is 2. The maximum Gasteiger partial charge on any atom is 0.411 e. The van der Waals surface area contributed by atoms with Crippen LogP contribution in [0.1, 0.15) is 19.8 Å². The van der Waals surface area contributed by atoms with Crippen LogP contribution in [-0.2, 0) is 9.53 Å². The van der Waals surface area contributed by atoms with Gasteiger partial charge in [0.25, 0.3) is 0 Å². The van der Waals surface area contributed by atoms with Gasteiger partial charge in [-0.15, -0.1) is 0 Å². The van der Waals surface area contributed by atoms with Crippen molar-refractivity contribution in [3.05, 3.63) is 24.3 Å². The molecule has 0 radical (unpaired) electrons. The molecular weight excluding hydrogens is 232 g/mol. The van der Waals surface area contributed by atoms with Crippen molar-refractivity contribution < 1.29 is 14.3 Å². The van der Waals surface area contributed by atoms with E-state index in [0.717, 1.165) is 18.5 Å². The maximum absolute atomic E-state index is 11.5. The average Bonchev–Trinajstić information content (AvgIpc) is 3.16. The molecule has 1 aliphatic carbocycles. The van der Waals surface area contributed by atoms with Gasteiger partial charge in [0.15, 0.2) is 0 Å². The van der Waals surface area contributed by atoms with E-state index in [4.69, 9.17) is 4.74 Å². The van der Waals surface area contributed by atoms with E-state index < -0.39 is 6.09 Å². The van der Waals surface area contributed by atoms with Crippen LogP contribution >= 0.6 is 0 Å². The number of anilines is 2. The fourth-order valence-electron chi connectivity index (χ4n) is 1.51. The molecule has 0 bridgehead atoms. The lowest BCUT2D eigenvalue weighted by atomic mass is 10.2. The standard InChI is InChI=1S/C13H16N2O3/c1-2-18-13(17)15-11-7-5-10(6-8-11)14-12(16)9-3-4-9/h5-9H,2-4H2,1H3,(H,14,16)(H,15,17). The maximum atomic E-state index is 11.5. The monoisotopic (exact) mass is 248 g/mol. The zero-order valence-corrected chi connectivity index (χ0v) is 10.2. The van der Waals surface area contributed by atoms with Gasteiger partial charge in [0.1, 0.15) is 0 Å². The second-order valence-corrected chi connectivity index (χ2v) is 4.19. The second kappa shape index (κ2) is 5.53. The van der Waals surface area contributed by atoms with Crippen LogP contribution in [0.2, 0.25) is 0 Å². The molecule has 0 unspecified atom stereocenters. The molecule has 2 N–H and O–H groups in total. The molecule has 1 aromatic carbocycles. The van der Waals surface area contributed by atoms with E-state index in [0.29, 0.717) is 12.3 Å². The Morgan fingerprint density at radius 1 is 1.17 bits per heavy atom. The Kier molecular flexibility index (Phi) is 3.82. The van der Waals surface area contributed by atoms with E-state index in [1.54, 1.807) is 31.2 Å². The van der Waals surface area contributed by atoms with E-state index in [9.17, 15) is 9.59 Å². The van der Waals surface area contributed by atoms with Crippen molar-refractivity contribution >= 4 is 23.4 Å². The summed E-state index contributed by atoms with van der Waals surface area (Å²) in [5, 5.41) is 5.41. The van der Waals surface area contributed by atoms with Crippen molar-refractivity contribution in [2.75, 3.05) is 17.2 Å². The number of amides is 2. The Morgan fingerprint density at radius 3 is 2.22 bits per heavy atom. The highest BCUT2D eigenvalue weighted by Crippen LogP contribution is 2.30. The van der Waals surface area contributed by atoms with Crippen molar-refractivity contribution in [1.29, 1.82) is 0 Å². The van der Waals surface area contributed by atoms with Gasteiger partial charge in [-0.05, 0) is 44.0 Å². The van der Waals surface area contributed by atoms with E-state index >= 15 is 0 Å². The van der Waals surface area contributed by atoms with Crippen molar-refractivity contribution in [3.63, 3.8) is 0 Å². The normalized spacial score (nSPS) is 13.8. The van der Waals surface area contributed by atoms with Crippen molar-refractivity contribution in [3.8, 4) is 0 Å². The van der Waals surface area contributed by atoms with Gasteiger partial charge >= 0.3 is 6.09 Å². The van der Waals surface area contributed by atoms with Crippen molar-refractivity contribution in [2.45, 2.75) is 19.8 Å². The Hall–Kier alpha value is -2.04. The first-order valence-electron chi connectivity index (χ1n) is 6.03. The molecule has 1 saturated carbocycles. The first-order chi connectivity index (χ1) is 8.69. The van der Waals surface area contributed by atoms with Gasteiger partial charge in [0, 0.05) is 17.3 Å². The minimum absolute atomic E-state index is 0.0705. The summed E-state index contributed by atoms with van der Waals surface area (Å²) in [5.41, 5.74) is 1.37. The van der Waals surface area contributed by atoms with Gasteiger partial charge in [0.2, 0.25) is 5.91 Å². The van der Waals surface area contributed by atoms with Crippen LogP contribution in [0.5, 0.6) is 0 Å². The van der Waals surface area contributed by atoms with Crippen LogP contribution < -0.4 is 10.6 Å². The Morgan fingerprint density at radius 2 is 1.72 bits per heavy atom. The summed E-state index contributed by atoms with van der Waals surface area (Å²) in [6.07, 6.45) is 1.48. The number of ether oxygens (including phenoxy) is 1. The Labute approximate surface area is 106 Å². The molecule has 1 fully saturated rings. The molecule has 2 rings (SSSR count). The number of benzene rings is 1. The number of rotatable bonds is 4. The summed E-state index contributed by atoms with van der Waals surface area (Å²) in [4.78, 5) is 22.7. The molecular formula is C13H16N2O3. The Bertz CT molecular complexity index is 438. The van der Waals surface area contributed by atoms with Crippen LogP contribution in [0, 0.1) is 5.92 Å². The second-order valence-electron chi connectivity index (χ2n) is 4.19. The van der Waals surface area contributed by atoms with Gasteiger partial charge in [0.05, 0.1) is 6.61 Å². The van der Waals surface area contributed by atoms with Crippen LogP contribution in [0.25, 0.3) is 0 Å². The van der Waals surface area contributed by atoms with Crippen LogP contribution in [0.15, 0.2) is 24.3 Å². The van der Waals surface area contributed by atoms with Crippen LogP contribution in [0.3, 0.4) is 0 Å². The van der Waals surface area contributed by atoms with E-state index in [1.807, 2.05) is 0 Å². The summed E-state index contributed by atoms with van der Waals surface area (Å²) < 4.78 is 4.76. The van der Waals surface area contributed by atoms with E-state index in [1.165, 1.54) is 0 Å². The van der Waals surface area contributed by atoms with E-state index in [-0.39, 0.29) is 11.8 Å². The number of carbonyl (C=O) groups excluding carboxylic acids is 2. The highest BCUT2D eigenvalue weighted by molar-refractivity contribution is 5.94. The molecule has 0 aromatic heterocycles. The third kappa shape index (κ3) is 3.48. The summed E-state index contributed by atoms with van der Waals surface area (Å²) in [5.74, 6) is 0.253. The van der Waals surface area contributed by atoms with Gasteiger partial charge in [-0.25, -0.2) is 4.79 Å². The third-order valence-electron chi connectivity index (χ3n) is 2.62. The lowest BCUT2D eigenvalue weighted by Gasteiger charge is -2.07. The zero-order chi connectivity index (χ0) is 13.0. The van der Waals surface area contributed by atoms with E-state index in [2.05, 4.69) is 10.6 Å². The number of nitrogens with one attached hydrogen (secondary N) is 2. The van der Waals surface area contributed by atoms with Crippen molar-refractivity contribution in [2.24, 2.45) is 5.92 Å². The molecule has 1 aromatic rings. The topological polar surface area (TPSA) is 67.4 Å². The summed E-state index contributed by atoms with van der Waals surface area (Å²) in [6, 6.07) is 6.95. The molecule has 0 saturated heterocycles. The summed E-state index contributed by atoms with van der Waals surface area (Å²) in [7, 11) is 0. The summed E-state index contributed by atoms with van der Waals surface area (Å²) >= 11 is 0. The molecule has 5 nitrogen and oxygen atoms in total. The minimum Gasteiger partial charge on any atom is -0.450 e. The molecule has 0 atom stereocenters. The quantitative estimate of drug-likeness (QED) is 0.860. The van der Waals surface area contributed by atoms with Gasteiger partial charge < -0.3 is 10.1 Å². The molecule has 1 aliphatic rings. The highest BCUT2D eigenvalue weighted by atomic mass is 16.5. The molecule has 0 aliphatic heterocycles. The fourth-order valence-corrected chi connectivity index (χ4v) is 1.51. The predicted octanol–water partition coefficient (Wildman–Crippen LogP) is 2.60. The number of carbonyl (C=O) groups is 2. The van der Waals surface area contributed by atoms with Crippen LogP contribution in [0.4, 0.5) is 16.2 Å². The zero-order valence-electron chi connectivity index (χ0n) is 10.2. The summed E-state index contributed by atoms with van der Waals surface area (Å²) in [6.45, 7) is 2.08. The molecule has 5 heteroatoms. The molecule has 2 amide bonds. The van der Waals surface area contributed by atoms with Crippen LogP contribution in [-0.4, -0.2) is 18.6 Å². The first kappa shape index (κ1) is 12.4. The fraction of sp³-hybridized carbons (Fsp3) is 0.385. The third-order valence-corrected chi connectivity index (χ3v) is 2.62. The molecule has 0 spiro atoms. The highest BCUT2D eigenvalue weighted by Gasteiger charge is 2.29. The predicted molar refractivity (Wildman–Crippen MR) is 68.4 cm³/mol. The molecule has 96 valence electrons. The first-order valence-corrected chi connectivity index (χ1v) is 6.03. The largest absolute Gasteiger partial charge is 0.450 e. The Balaban J connectivity index is 1.88. The van der Waals surface area contributed by atoms with Gasteiger partial charge in [-0.3, -0.25) is 10.1 Å². The smallest absolute Gasteiger partial charge is 0.411 e. The minimum atomic E-state index is -0.479. The lowest BCUT2D eigenvalue weighted by Crippen LogP contribution is -2.14. The molecule has 0 heterocycles. The SMILES string of the molecule is CCOC(=O)Nc1ccc(NC(=O)C2CC2)cc1. The van der Waals surface area contributed by atoms with Crippen molar-refractivity contribution in [1.82, 2.24) is 0 Å². The number of hydrogen-bond acceptors (Lipinski definition) is 3. The van der Waals surface area contributed by atoms with Gasteiger partial charge in [-0.2, -0.15) is 0 Å². The average molecular weight is 248 g/mol. The van der Waals surface area contributed by atoms with Gasteiger partial charge in [-0.1, -0.05) is 0 Å². The molecule has 18 heavy (non-hydrogen) atoms. The lowest BCUT2D eigenvalue weighted by molar-refractivity contribution is -0.117.